The third-order valence-corrected chi connectivity index (χ3v) is 12.4. The Labute approximate surface area is 553 Å². The maximum absolute atomic E-state index is 11.8. The largest absolute Gasteiger partial charge is 0.534 e. The van der Waals surface area contributed by atoms with Crippen LogP contribution in [0, 0.1) is 85.7 Å². The number of carboxylic acid groups (broad SMARTS) is 1. The average Bonchev–Trinajstić information content (AvgIpc) is 3.51. The molecule has 0 saturated heterocycles. The monoisotopic (exact) mass is 1320 g/mol. The Balaban J connectivity index is -0.0000000925. The second-order valence-electron chi connectivity index (χ2n) is 17.5. The zero-order valence-electron chi connectivity index (χ0n) is 55.1. The number of carboxylic acids is 1. The van der Waals surface area contributed by atoms with Crippen LogP contribution in [0.15, 0.2) is 121 Å². The number of carbonyl (C=O) groups is 6. The Morgan fingerprint density at radius 2 is 0.812 bits per heavy atom. The number of Topliss-reactive ketones (excluding diaryl/α,β-unsaturated/α-hetero) is 5. The molecular formula is C67H106ArBrF3O11SSi. The minimum atomic E-state index is -5.55. The fourth-order valence-electron chi connectivity index (χ4n) is 3.64. The summed E-state index contributed by atoms with van der Waals surface area (Å²) >= 11 is 3.10. The number of hydrogen-bond donors (Lipinski definition) is 2. The van der Waals surface area contributed by atoms with Crippen LogP contribution in [0.5, 0.6) is 5.75 Å². The minimum absolute atomic E-state index is 0. The van der Waals surface area contributed by atoms with Gasteiger partial charge in [0.1, 0.15) is 37.8 Å². The Kier molecular flexibility index (Phi) is 82.2. The molecular weight excluding hydrogens is 1220 g/mol. The van der Waals surface area contributed by atoms with Crippen molar-refractivity contribution in [2.75, 3.05) is 11.9 Å². The van der Waals surface area contributed by atoms with Crippen molar-refractivity contribution < 1.29 is 102 Å². The van der Waals surface area contributed by atoms with Gasteiger partial charge in [0.2, 0.25) is 0 Å². The van der Waals surface area contributed by atoms with Gasteiger partial charge in [-0.05, 0) is 70.7 Å². The van der Waals surface area contributed by atoms with Crippen LogP contribution < -0.4 is 4.18 Å². The number of aliphatic hydroxyl groups excluding tert-OH is 1. The third kappa shape index (κ3) is 69.9. The van der Waals surface area contributed by atoms with Crippen molar-refractivity contribution in [1.82, 2.24) is 0 Å². The van der Waals surface area contributed by atoms with E-state index in [2.05, 4.69) is 51.2 Å². The number of alkyl halides is 4. The summed E-state index contributed by atoms with van der Waals surface area (Å²) in [5.74, 6) is 2.83. The number of hydrogen-bond acceptors (Lipinski definition) is 10. The van der Waals surface area contributed by atoms with Gasteiger partial charge >= 0.3 is 21.6 Å². The molecule has 18 heteroatoms. The summed E-state index contributed by atoms with van der Waals surface area (Å²) in [4.78, 5) is 62.8. The Morgan fingerprint density at radius 1 is 0.553 bits per heavy atom. The summed E-state index contributed by atoms with van der Waals surface area (Å²) in [6, 6.07) is 34.0. The fraction of sp³-hybridized carbons (Fsp3) is 0.493. The van der Waals surface area contributed by atoms with E-state index in [1.165, 1.54) is 18.2 Å². The van der Waals surface area contributed by atoms with E-state index in [1.807, 2.05) is 171 Å². The molecule has 0 aliphatic carbocycles. The predicted octanol–water partition coefficient (Wildman–Crippen LogP) is 18.3. The summed E-state index contributed by atoms with van der Waals surface area (Å²) in [5.41, 5.74) is -0.396. The van der Waals surface area contributed by atoms with Crippen LogP contribution in [0.1, 0.15) is 184 Å². The number of benzene rings is 4. The molecule has 0 radical (unpaired) electrons. The molecule has 486 valence electrons. The summed E-state index contributed by atoms with van der Waals surface area (Å²) < 4.78 is 60.2. The van der Waals surface area contributed by atoms with Crippen LogP contribution in [0.25, 0.3) is 0 Å². The number of para-hydroxylation sites is 1. The number of aliphatic hydroxyl groups is 1. The van der Waals surface area contributed by atoms with Gasteiger partial charge in [-0.3, -0.25) is 28.8 Å². The molecule has 85 heavy (non-hydrogen) atoms. The van der Waals surface area contributed by atoms with E-state index in [4.69, 9.17) is 23.1 Å². The maximum atomic E-state index is 11.8. The number of ketones is 5. The normalized spacial score (nSPS) is 10.5. The quantitative estimate of drug-likeness (QED) is 0.0306. The van der Waals surface area contributed by atoms with Crippen molar-refractivity contribution in [1.29, 1.82) is 0 Å². The standard InChI is InChI=1S/C8H7BrO.C8H8O2.C8H6.C7H5F3O3S.3C6H12O.C5H10O2.C5H10Si.4C2H6.Ar/c2*9-6-8(10)7-4-2-1-3-5-7;1-2-8-6-4-3-5-7-8;8-7(9,10)14(11,12)13-6-4-2-1-3-5-6;3*1-4-5(2)6(3)7;1-3-4(2)5(6)7;1-5-6(2,3)4;4*1-2;/h1-5H,6H2;1-5,9H,6H2;1,3-7H;1-5H;3*5H,4H2,1-3H3;4H,3H2,1-2H3,(H,6,7);1H,2-4H3;4*1-2H3;. The van der Waals surface area contributed by atoms with E-state index < -0.39 is 36.3 Å². The van der Waals surface area contributed by atoms with Gasteiger partial charge in [0.05, 0.1) is 11.2 Å². The molecule has 0 amide bonds. The van der Waals surface area contributed by atoms with Gasteiger partial charge in [0.25, 0.3) is 0 Å². The van der Waals surface area contributed by atoms with Gasteiger partial charge in [0, 0.05) is 72.2 Å². The number of terminal acetylenes is 2. The first kappa shape index (κ1) is 102. The van der Waals surface area contributed by atoms with E-state index in [-0.39, 0.29) is 78.7 Å². The maximum Gasteiger partial charge on any atom is 0.534 e. The van der Waals surface area contributed by atoms with Crippen LogP contribution in [0.2, 0.25) is 19.6 Å². The van der Waals surface area contributed by atoms with Gasteiger partial charge in [-0.1, -0.05) is 249 Å². The van der Waals surface area contributed by atoms with Gasteiger partial charge in [-0.15, -0.1) is 18.4 Å². The van der Waals surface area contributed by atoms with Gasteiger partial charge in [-0.2, -0.15) is 21.6 Å². The van der Waals surface area contributed by atoms with Crippen molar-refractivity contribution in [2.45, 2.75) is 182 Å². The summed E-state index contributed by atoms with van der Waals surface area (Å²) in [6.45, 7) is 42.4. The first-order valence-electron chi connectivity index (χ1n) is 28.4. The smallest absolute Gasteiger partial charge is 0.481 e. The van der Waals surface area contributed by atoms with E-state index in [0.717, 1.165) is 48.9 Å². The topological polar surface area (TPSA) is 186 Å². The molecule has 0 fully saturated rings. The van der Waals surface area contributed by atoms with E-state index in [0.29, 0.717) is 28.2 Å². The van der Waals surface area contributed by atoms with Gasteiger partial charge in [-0.25, -0.2) is 0 Å². The molecule has 4 atom stereocenters. The summed E-state index contributed by atoms with van der Waals surface area (Å²) in [5, 5.41) is 17.0. The number of rotatable bonds is 14. The Bertz CT molecular complexity index is 2260. The van der Waals surface area contributed by atoms with Crippen molar-refractivity contribution >= 4 is 69.0 Å². The molecule has 0 bridgehead atoms. The van der Waals surface area contributed by atoms with Gasteiger partial charge < -0.3 is 14.4 Å². The van der Waals surface area contributed by atoms with Crippen molar-refractivity contribution in [3.05, 3.63) is 138 Å². The molecule has 4 rings (SSSR count). The summed E-state index contributed by atoms with van der Waals surface area (Å²) in [6.07, 6.45) is 13.8. The number of halogens is 4. The van der Waals surface area contributed by atoms with Gasteiger partial charge in [0.15, 0.2) is 11.6 Å². The molecule has 2 N–H and O–H groups in total. The van der Waals surface area contributed by atoms with Crippen LogP contribution in [0.3, 0.4) is 0 Å². The Hall–Kier alpha value is -4.72. The molecule has 0 saturated carbocycles. The van der Waals surface area contributed by atoms with Crippen LogP contribution in [-0.4, -0.2) is 79.0 Å². The van der Waals surface area contributed by atoms with E-state index in [1.54, 1.807) is 52.0 Å². The molecule has 4 unspecified atom stereocenters. The summed E-state index contributed by atoms with van der Waals surface area (Å²) in [7, 11) is -6.65. The van der Waals surface area contributed by atoms with E-state index in [9.17, 15) is 50.4 Å². The van der Waals surface area contributed by atoms with Crippen LogP contribution in [0.4, 0.5) is 13.2 Å². The number of carbonyl (C=O) groups excluding carboxylic acids is 5. The molecule has 0 aromatic heterocycles. The first-order chi connectivity index (χ1) is 39.2. The van der Waals surface area contributed by atoms with Crippen molar-refractivity contribution in [2.24, 2.45) is 23.7 Å². The van der Waals surface area contributed by atoms with Crippen LogP contribution >= 0.6 is 15.9 Å². The van der Waals surface area contributed by atoms with Crippen molar-refractivity contribution in [3.63, 3.8) is 0 Å². The molecule has 4 aromatic carbocycles. The molecule has 0 aliphatic heterocycles. The SMILES string of the molecule is C#C[Si](C)(C)C.C#Cc1ccccc1.CC.CC.CC.CC.CCC(C)C(=O)O.CCC(C)C(C)=O.CCC(C)C(C)=O.CCC(C)C(C)=O.O=C(CBr)c1ccccc1.O=C(CO)c1ccccc1.O=S(=O)(Oc1ccccc1)C(F)(F)F.[Ar]. The second kappa shape index (κ2) is 68.4. The second-order valence-corrected chi connectivity index (χ2v) is 24.4. The molecule has 0 spiro atoms. The van der Waals surface area contributed by atoms with Crippen LogP contribution in [-0.2, 0) is 29.3 Å². The van der Waals surface area contributed by atoms with E-state index >= 15 is 0 Å². The zero-order valence-corrected chi connectivity index (χ0v) is 59.2. The van der Waals surface area contributed by atoms with Crippen molar-refractivity contribution in [3.8, 4) is 30.1 Å². The molecule has 0 heterocycles. The Morgan fingerprint density at radius 3 is 0.976 bits per heavy atom. The third-order valence-electron chi connectivity index (χ3n) is 10.0. The zero-order chi connectivity index (χ0) is 68.1. The first-order valence-corrected chi connectivity index (χ1v) is 34.4. The molecule has 11 nitrogen and oxygen atoms in total. The minimum Gasteiger partial charge on any atom is -0.481 e. The molecule has 0 aliphatic rings. The average molecular weight is 1320 g/mol. The predicted molar refractivity (Wildman–Crippen MR) is 354 cm³/mol. The molecule has 4 aromatic rings. The number of aliphatic carboxylic acids is 1. The fourth-order valence-corrected chi connectivity index (χ4v) is 4.42.